The summed E-state index contributed by atoms with van der Waals surface area (Å²) in [6, 6.07) is 15.2. The van der Waals surface area contributed by atoms with Gasteiger partial charge in [-0.3, -0.25) is 4.79 Å². The van der Waals surface area contributed by atoms with E-state index >= 15 is 0 Å². The molecule has 0 atom stereocenters. The maximum Gasteiger partial charge on any atom is 0.271 e. The van der Waals surface area contributed by atoms with Crippen LogP contribution in [0.2, 0.25) is 0 Å². The van der Waals surface area contributed by atoms with Crippen molar-refractivity contribution in [3.05, 3.63) is 69.7 Å². The minimum Gasteiger partial charge on any atom is -0.267 e. The topological polar surface area (TPSA) is 41.5 Å². The van der Waals surface area contributed by atoms with E-state index in [1.54, 1.807) is 6.07 Å². The van der Waals surface area contributed by atoms with E-state index in [0.717, 1.165) is 21.3 Å². The molecule has 4 heteroatoms. The van der Waals surface area contributed by atoms with Gasteiger partial charge in [-0.15, -0.1) is 0 Å². The second-order valence-electron chi connectivity index (χ2n) is 4.46. The quantitative estimate of drug-likeness (QED) is 0.672. The lowest BCUT2D eigenvalue weighted by atomic mass is 10.1. The largest absolute Gasteiger partial charge is 0.271 e. The first-order valence-corrected chi connectivity index (χ1v) is 7.03. The molecule has 0 unspecified atom stereocenters. The van der Waals surface area contributed by atoms with Crippen LogP contribution in [0.3, 0.4) is 0 Å². The Morgan fingerprint density at radius 1 is 1.15 bits per heavy atom. The molecule has 1 N–H and O–H groups in total. The molecule has 3 nitrogen and oxygen atoms in total. The second kappa shape index (κ2) is 6.48. The van der Waals surface area contributed by atoms with Crippen molar-refractivity contribution in [1.29, 1.82) is 0 Å². The van der Waals surface area contributed by atoms with E-state index in [2.05, 4.69) is 26.5 Å². The number of benzene rings is 2. The lowest BCUT2D eigenvalue weighted by Gasteiger charge is -2.05. The van der Waals surface area contributed by atoms with Crippen molar-refractivity contribution in [3.63, 3.8) is 0 Å². The molecule has 2 aromatic rings. The Hall–Kier alpha value is -1.94. The summed E-state index contributed by atoms with van der Waals surface area (Å²) in [6.07, 6.45) is 0. The Labute approximate surface area is 126 Å². The van der Waals surface area contributed by atoms with Crippen LogP contribution in [0.4, 0.5) is 0 Å². The second-order valence-corrected chi connectivity index (χ2v) is 5.38. The van der Waals surface area contributed by atoms with Crippen molar-refractivity contribution < 1.29 is 4.79 Å². The van der Waals surface area contributed by atoms with Crippen molar-refractivity contribution in [2.24, 2.45) is 5.10 Å². The molecule has 0 bridgehead atoms. The average Bonchev–Trinajstić information content (AvgIpc) is 2.45. The molecular weight excluding hydrogens is 316 g/mol. The normalized spacial score (nSPS) is 11.2. The first-order chi connectivity index (χ1) is 9.58. The van der Waals surface area contributed by atoms with Gasteiger partial charge in [-0.2, -0.15) is 5.10 Å². The highest BCUT2D eigenvalue weighted by molar-refractivity contribution is 9.10. The molecule has 20 heavy (non-hydrogen) atoms. The van der Waals surface area contributed by atoms with Gasteiger partial charge in [0.1, 0.15) is 0 Å². The molecule has 0 radical (unpaired) electrons. The van der Waals surface area contributed by atoms with E-state index in [1.165, 1.54) is 0 Å². The number of carbonyl (C=O) groups excluding carboxylic acids is 1. The van der Waals surface area contributed by atoms with Crippen LogP contribution in [0.5, 0.6) is 0 Å². The molecule has 0 aliphatic carbocycles. The number of nitrogens with one attached hydrogen (secondary N) is 1. The number of carbonyl (C=O) groups is 1. The summed E-state index contributed by atoms with van der Waals surface area (Å²) in [5.74, 6) is -0.197. The number of hydrogen-bond donors (Lipinski definition) is 1. The molecule has 102 valence electrons. The molecule has 2 aromatic carbocycles. The van der Waals surface area contributed by atoms with Crippen molar-refractivity contribution in [2.75, 3.05) is 0 Å². The summed E-state index contributed by atoms with van der Waals surface area (Å²) < 4.78 is 0.981. The van der Waals surface area contributed by atoms with E-state index in [-0.39, 0.29) is 5.91 Å². The van der Waals surface area contributed by atoms with Crippen LogP contribution in [0.25, 0.3) is 0 Å². The van der Waals surface area contributed by atoms with Crippen LogP contribution in [0.15, 0.2) is 58.1 Å². The maximum absolute atomic E-state index is 12.0. The number of hydrogen-bond acceptors (Lipinski definition) is 2. The van der Waals surface area contributed by atoms with Crippen molar-refractivity contribution >= 4 is 27.5 Å². The van der Waals surface area contributed by atoms with Crippen LogP contribution < -0.4 is 5.43 Å². The third-order valence-electron chi connectivity index (χ3n) is 2.96. The molecule has 1 amide bonds. The molecular formula is C16H15BrN2O. The number of rotatable bonds is 3. The molecule has 2 rings (SSSR count). The highest BCUT2D eigenvalue weighted by Gasteiger charge is 2.07. The van der Waals surface area contributed by atoms with Crippen LogP contribution in [0.1, 0.15) is 28.4 Å². The molecule has 0 spiro atoms. The number of halogens is 1. The fourth-order valence-corrected chi connectivity index (χ4v) is 2.20. The van der Waals surface area contributed by atoms with E-state index < -0.39 is 0 Å². The predicted molar refractivity (Wildman–Crippen MR) is 85.0 cm³/mol. The molecule has 0 saturated carbocycles. The monoisotopic (exact) mass is 330 g/mol. The summed E-state index contributed by atoms with van der Waals surface area (Å²) in [7, 11) is 0. The lowest BCUT2D eigenvalue weighted by molar-refractivity contribution is 0.0954. The molecule has 0 aliphatic rings. The number of hydrazone groups is 1. The van der Waals surface area contributed by atoms with Crippen LogP contribution >= 0.6 is 15.9 Å². The zero-order valence-electron chi connectivity index (χ0n) is 11.4. The Kier molecular flexibility index (Phi) is 4.69. The fourth-order valence-electron chi connectivity index (χ4n) is 1.80. The van der Waals surface area contributed by atoms with Crippen LogP contribution in [-0.2, 0) is 0 Å². The van der Waals surface area contributed by atoms with E-state index in [9.17, 15) is 4.79 Å². The molecule has 0 fully saturated rings. The Morgan fingerprint density at radius 3 is 2.60 bits per heavy atom. The Morgan fingerprint density at radius 2 is 1.90 bits per heavy atom. The van der Waals surface area contributed by atoms with Crippen LogP contribution in [0, 0.1) is 6.92 Å². The van der Waals surface area contributed by atoms with Gasteiger partial charge in [-0.1, -0.05) is 46.3 Å². The SMILES string of the molecule is C/C(=N/NC(=O)c1ccccc1C)c1cccc(Br)c1. The number of aryl methyl sites for hydroxylation is 1. The maximum atomic E-state index is 12.0. The van der Waals surface area contributed by atoms with Gasteiger partial charge in [0.15, 0.2) is 0 Å². The minimum absolute atomic E-state index is 0.197. The standard InChI is InChI=1S/C16H15BrN2O/c1-11-6-3-4-9-15(11)16(20)19-18-12(2)13-7-5-8-14(17)10-13/h3-10H,1-2H3,(H,19,20)/b18-12-. The molecule has 0 heterocycles. The first kappa shape index (κ1) is 14.5. The van der Waals surface area contributed by atoms with Gasteiger partial charge in [0.25, 0.3) is 5.91 Å². The van der Waals surface area contributed by atoms with Gasteiger partial charge in [0.05, 0.1) is 5.71 Å². The van der Waals surface area contributed by atoms with Crippen LogP contribution in [-0.4, -0.2) is 11.6 Å². The highest BCUT2D eigenvalue weighted by atomic mass is 79.9. The summed E-state index contributed by atoms with van der Waals surface area (Å²) in [5, 5.41) is 4.15. The molecule has 0 aromatic heterocycles. The zero-order chi connectivity index (χ0) is 14.5. The summed E-state index contributed by atoms with van der Waals surface area (Å²) in [6.45, 7) is 3.76. The third kappa shape index (κ3) is 3.54. The Balaban J connectivity index is 2.13. The average molecular weight is 331 g/mol. The minimum atomic E-state index is -0.197. The Bertz CT molecular complexity index is 665. The van der Waals surface area contributed by atoms with Crippen molar-refractivity contribution in [2.45, 2.75) is 13.8 Å². The van der Waals surface area contributed by atoms with Gasteiger partial charge in [0.2, 0.25) is 0 Å². The van der Waals surface area contributed by atoms with Crippen molar-refractivity contribution in [3.8, 4) is 0 Å². The first-order valence-electron chi connectivity index (χ1n) is 6.24. The van der Waals surface area contributed by atoms with Gasteiger partial charge in [-0.25, -0.2) is 5.43 Å². The fraction of sp³-hybridized carbons (Fsp3) is 0.125. The third-order valence-corrected chi connectivity index (χ3v) is 3.45. The van der Waals surface area contributed by atoms with Crippen molar-refractivity contribution in [1.82, 2.24) is 5.43 Å². The number of amides is 1. The van der Waals surface area contributed by atoms with E-state index in [0.29, 0.717) is 5.56 Å². The van der Waals surface area contributed by atoms with Gasteiger partial charge in [-0.05, 0) is 43.2 Å². The number of nitrogens with zero attached hydrogens (tertiary/aromatic N) is 1. The smallest absolute Gasteiger partial charge is 0.267 e. The summed E-state index contributed by atoms with van der Waals surface area (Å²) >= 11 is 3.41. The molecule has 0 saturated heterocycles. The summed E-state index contributed by atoms with van der Waals surface area (Å²) in [4.78, 5) is 12.0. The van der Waals surface area contributed by atoms with E-state index in [1.807, 2.05) is 56.3 Å². The molecule has 0 aliphatic heterocycles. The lowest BCUT2D eigenvalue weighted by Crippen LogP contribution is -2.20. The van der Waals surface area contributed by atoms with Gasteiger partial charge in [0, 0.05) is 10.0 Å². The zero-order valence-corrected chi connectivity index (χ0v) is 12.9. The van der Waals surface area contributed by atoms with Gasteiger partial charge < -0.3 is 0 Å². The summed E-state index contributed by atoms with van der Waals surface area (Å²) in [5.41, 5.74) is 5.88. The van der Waals surface area contributed by atoms with E-state index in [4.69, 9.17) is 0 Å². The van der Waals surface area contributed by atoms with Gasteiger partial charge >= 0.3 is 0 Å². The highest BCUT2D eigenvalue weighted by Crippen LogP contribution is 2.12. The predicted octanol–water partition coefficient (Wildman–Crippen LogP) is 3.91.